The van der Waals surface area contributed by atoms with E-state index < -0.39 is 31.6 Å². The Morgan fingerprint density at radius 3 is 1.19 bits per heavy atom. The van der Waals surface area contributed by atoms with E-state index in [4.69, 9.17) is 15.0 Å². The number of hydrogen-bond acceptors (Lipinski definition) is 3. The summed E-state index contributed by atoms with van der Waals surface area (Å²) in [4.78, 5) is 15.6. The minimum Gasteiger partial charge on any atom is -0.309 e. The van der Waals surface area contributed by atoms with Gasteiger partial charge in [0.25, 0.3) is 0 Å². The van der Waals surface area contributed by atoms with Crippen LogP contribution in [0.1, 0.15) is 22.3 Å². The van der Waals surface area contributed by atoms with E-state index in [1.807, 2.05) is 111 Å². The average molecular weight is 1130 g/mol. The molecule has 84 heavy (non-hydrogen) atoms. The van der Waals surface area contributed by atoms with Crippen LogP contribution in [-0.2, 0) is 12.4 Å². The molecule has 0 spiro atoms. The van der Waals surface area contributed by atoms with E-state index >= 15 is 0 Å². The summed E-state index contributed by atoms with van der Waals surface area (Å²) < 4.78 is 88.9. The van der Waals surface area contributed by atoms with Crippen LogP contribution in [0.4, 0.5) is 26.3 Å². The number of nitrogens with zero attached hydrogens (tertiary/aromatic N) is 4. The normalized spacial score (nSPS) is 12.0. The number of aromatic nitrogens is 4. The van der Waals surface area contributed by atoms with Gasteiger partial charge >= 0.3 is 12.4 Å². The van der Waals surface area contributed by atoms with E-state index in [1.54, 1.807) is 18.2 Å². The Morgan fingerprint density at radius 1 is 0.310 bits per heavy atom. The van der Waals surface area contributed by atoms with Gasteiger partial charge in [-0.1, -0.05) is 230 Å². The van der Waals surface area contributed by atoms with E-state index in [1.165, 1.54) is 15.6 Å². The van der Waals surface area contributed by atoms with Crippen molar-refractivity contribution in [1.82, 2.24) is 19.5 Å². The first-order chi connectivity index (χ1) is 40.7. The number of benzene rings is 11. The number of rotatable bonds is 11. The molecule has 4 nitrogen and oxygen atoms in total. The van der Waals surface area contributed by atoms with Crippen LogP contribution in [-0.4, -0.2) is 27.6 Å². The molecule has 0 fully saturated rings. The van der Waals surface area contributed by atoms with Gasteiger partial charge in [0.2, 0.25) is 0 Å². The van der Waals surface area contributed by atoms with Crippen molar-refractivity contribution in [3.05, 3.63) is 289 Å². The van der Waals surface area contributed by atoms with Gasteiger partial charge in [-0.15, -0.1) is 0 Å². The summed E-state index contributed by atoms with van der Waals surface area (Å²) in [5.74, 6) is 1.37. The maximum absolute atomic E-state index is 14.5. The number of fused-ring (bicyclic) bond motifs is 3. The van der Waals surface area contributed by atoms with Crippen molar-refractivity contribution >= 4 is 50.6 Å². The highest BCUT2D eigenvalue weighted by atomic mass is 28.3. The molecule has 408 valence electrons. The lowest BCUT2D eigenvalue weighted by Gasteiger charge is -2.34. The molecule has 0 bridgehead atoms. The minimum atomic E-state index is -5.04. The van der Waals surface area contributed by atoms with Gasteiger partial charge in [-0.2, -0.15) is 26.3 Å². The summed E-state index contributed by atoms with van der Waals surface area (Å²) in [6, 6.07) is 85.7. The van der Waals surface area contributed by atoms with Crippen molar-refractivity contribution in [3.8, 4) is 73.2 Å². The number of hydrogen-bond donors (Lipinski definition) is 0. The van der Waals surface area contributed by atoms with E-state index in [0.29, 0.717) is 34.2 Å². The SMILES string of the molecule is Cc1cc(C)cc(-c2ccc3c4ccc(-c5cc(C(F)(F)F)cc(C(F)(F)F)c5)cc4n(-c4ccc(-c5nc(-c6ccccc6)nc(-c6ccccc6)n5)c(-c5cccc([Si](c6ccccc6)(c6ccccc6)c6ccccc6)c5)c4)c3c2)c1. The molecule has 0 radical (unpaired) electrons. The first kappa shape index (κ1) is 53.3. The number of aryl methyl sites for hydroxylation is 2. The van der Waals surface area contributed by atoms with E-state index in [2.05, 4.69) is 138 Å². The first-order valence-corrected chi connectivity index (χ1v) is 29.4. The summed E-state index contributed by atoms with van der Waals surface area (Å²) in [6.07, 6.45) is -10.1. The molecule has 0 aliphatic heterocycles. The average Bonchev–Trinajstić information content (AvgIpc) is 2.18. The molecule has 2 heterocycles. The van der Waals surface area contributed by atoms with Crippen molar-refractivity contribution in [1.29, 1.82) is 0 Å². The summed E-state index contributed by atoms with van der Waals surface area (Å²) in [6.45, 7) is 4.10. The van der Waals surface area contributed by atoms with Crippen LogP contribution >= 0.6 is 0 Å². The predicted molar refractivity (Wildman–Crippen MR) is 330 cm³/mol. The predicted octanol–water partition coefficient (Wildman–Crippen LogP) is 17.0. The van der Waals surface area contributed by atoms with Gasteiger partial charge in [-0.3, -0.25) is 0 Å². The van der Waals surface area contributed by atoms with Crippen molar-refractivity contribution in [2.45, 2.75) is 26.2 Å². The van der Waals surface area contributed by atoms with Gasteiger partial charge in [0.15, 0.2) is 25.5 Å². The Morgan fingerprint density at radius 2 is 0.726 bits per heavy atom. The van der Waals surface area contributed by atoms with Crippen LogP contribution in [0, 0.1) is 13.8 Å². The van der Waals surface area contributed by atoms with Crippen LogP contribution in [0.5, 0.6) is 0 Å². The highest BCUT2D eigenvalue weighted by Gasteiger charge is 2.42. The molecule has 0 saturated carbocycles. The fourth-order valence-electron chi connectivity index (χ4n) is 11.9. The molecule has 0 unspecified atom stereocenters. The van der Waals surface area contributed by atoms with Crippen LogP contribution < -0.4 is 20.7 Å². The highest BCUT2D eigenvalue weighted by molar-refractivity contribution is 7.19. The van der Waals surface area contributed by atoms with Gasteiger partial charge in [0.1, 0.15) is 0 Å². The second-order valence-corrected chi connectivity index (χ2v) is 25.0. The number of halogens is 6. The zero-order valence-electron chi connectivity index (χ0n) is 45.5. The molecule has 0 saturated heterocycles. The lowest BCUT2D eigenvalue weighted by Crippen LogP contribution is -2.74. The molecule has 0 N–H and O–H groups in total. The van der Waals surface area contributed by atoms with Gasteiger partial charge in [0.05, 0.1) is 22.2 Å². The van der Waals surface area contributed by atoms with Crippen molar-refractivity contribution in [2.75, 3.05) is 0 Å². The Bertz CT molecular complexity index is 4380. The lowest BCUT2D eigenvalue weighted by molar-refractivity contribution is -0.143. The van der Waals surface area contributed by atoms with Crippen LogP contribution in [0.2, 0.25) is 0 Å². The minimum absolute atomic E-state index is 0.163. The molecule has 13 rings (SSSR count). The standard InChI is InChI=1S/C73H50F6N4Si/c1-47-37-48(2)39-54(38-47)51-31-34-63-64-35-32-52(55-40-56(72(74,75)76)45-57(41-55)73(77,78)79)44-68(64)83(67(63)43-51)58-33-36-65(71-81-69(49-19-8-3-9-20-49)80-70(82-71)50-21-10-4-11-22-50)66(46-58)53-23-18-30-62(42-53)84(59-24-12-5-13-25-59,60-26-14-6-15-27-60)61-28-16-7-17-29-61/h3-46H,1-2H3. The topological polar surface area (TPSA) is 43.6 Å². The molecule has 0 amide bonds. The second-order valence-electron chi connectivity index (χ2n) is 21.2. The maximum Gasteiger partial charge on any atom is 0.416 e. The quantitative estimate of drug-likeness (QED) is 0.0736. The third-order valence-corrected chi connectivity index (χ3v) is 20.4. The number of alkyl halides is 6. The van der Waals surface area contributed by atoms with Gasteiger partial charge in [-0.25, -0.2) is 15.0 Å². The summed E-state index contributed by atoms with van der Waals surface area (Å²) in [5, 5.41) is 6.27. The molecular formula is C73H50F6N4Si. The molecule has 0 aliphatic rings. The van der Waals surface area contributed by atoms with Crippen LogP contribution in [0.15, 0.2) is 267 Å². The molecular weight excluding hydrogens is 1070 g/mol. The fraction of sp³-hybridized carbons (Fsp3) is 0.0548. The Kier molecular flexibility index (Phi) is 13.6. The largest absolute Gasteiger partial charge is 0.416 e. The van der Waals surface area contributed by atoms with Crippen molar-refractivity contribution in [2.24, 2.45) is 0 Å². The Hall–Kier alpha value is -9.97. The molecule has 0 atom stereocenters. The van der Waals surface area contributed by atoms with Gasteiger partial charge in [-0.05, 0) is 117 Å². The Balaban J connectivity index is 1.12. The molecule has 11 aromatic carbocycles. The van der Waals surface area contributed by atoms with Crippen molar-refractivity contribution < 1.29 is 26.3 Å². The van der Waals surface area contributed by atoms with E-state index in [9.17, 15) is 26.3 Å². The summed E-state index contributed by atoms with van der Waals surface area (Å²) in [7, 11) is -3.11. The smallest absolute Gasteiger partial charge is 0.309 e. The molecule has 2 aromatic heterocycles. The molecule has 11 heteroatoms. The zero-order chi connectivity index (χ0) is 57.7. The maximum atomic E-state index is 14.5. The zero-order valence-corrected chi connectivity index (χ0v) is 46.5. The highest BCUT2D eigenvalue weighted by Crippen LogP contribution is 2.43. The van der Waals surface area contributed by atoms with E-state index in [-0.39, 0.29) is 17.2 Å². The van der Waals surface area contributed by atoms with E-state index in [0.717, 1.165) is 78.1 Å². The monoisotopic (exact) mass is 1120 g/mol. The lowest BCUT2D eigenvalue weighted by atomic mass is 9.97. The molecule has 0 aliphatic carbocycles. The third-order valence-electron chi connectivity index (χ3n) is 15.7. The third kappa shape index (κ3) is 9.96. The van der Waals surface area contributed by atoms with Crippen LogP contribution in [0.3, 0.4) is 0 Å². The second kappa shape index (κ2) is 21.4. The van der Waals surface area contributed by atoms with Gasteiger partial charge in [0, 0.05) is 33.2 Å². The molecule has 13 aromatic rings. The first-order valence-electron chi connectivity index (χ1n) is 27.4. The Labute approximate surface area is 482 Å². The van der Waals surface area contributed by atoms with Gasteiger partial charge < -0.3 is 4.57 Å². The van der Waals surface area contributed by atoms with Crippen LogP contribution in [0.25, 0.3) is 95.0 Å². The summed E-state index contributed by atoms with van der Waals surface area (Å²) in [5.41, 5.74) is 7.18. The fourth-order valence-corrected chi connectivity index (χ4v) is 16.7. The summed E-state index contributed by atoms with van der Waals surface area (Å²) >= 11 is 0. The van der Waals surface area contributed by atoms with Crippen molar-refractivity contribution in [3.63, 3.8) is 0 Å².